The Labute approximate surface area is 54.8 Å². The monoisotopic (exact) mass is 124 g/mol. The average Bonchev–Trinajstić information content (AvgIpc) is 1.91. The van der Waals surface area contributed by atoms with E-state index in [2.05, 4.69) is 11.3 Å². The van der Waals surface area contributed by atoms with Gasteiger partial charge in [0, 0.05) is 13.2 Å². The molecule has 48 valence electrons. The first-order valence-corrected chi connectivity index (χ1v) is 2.19. The van der Waals surface area contributed by atoms with Crippen LogP contribution in [0.2, 0.25) is 0 Å². The summed E-state index contributed by atoms with van der Waals surface area (Å²) >= 11 is 0. The van der Waals surface area contributed by atoms with Gasteiger partial charge in [0.1, 0.15) is 6.61 Å². The lowest BCUT2D eigenvalue weighted by atomic mass is 10.8. The van der Waals surface area contributed by atoms with Crippen molar-refractivity contribution in [3.05, 3.63) is 12.7 Å². The van der Waals surface area contributed by atoms with E-state index in [0.29, 0.717) is 0 Å². The molecule has 0 aliphatic rings. The third kappa shape index (κ3) is 51.8. The van der Waals surface area contributed by atoms with E-state index in [9.17, 15) is 0 Å². The van der Waals surface area contributed by atoms with Crippen LogP contribution in [0, 0.1) is 22.7 Å². The van der Waals surface area contributed by atoms with Crippen molar-refractivity contribution in [1.29, 1.82) is 10.5 Å². The van der Waals surface area contributed by atoms with Gasteiger partial charge in [0.05, 0.1) is 12.1 Å². The first-order chi connectivity index (χ1) is 4.33. The topological polar surface area (TPSA) is 56.8 Å². The van der Waals surface area contributed by atoms with E-state index in [1.54, 1.807) is 12.1 Å². The van der Waals surface area contributed by atoms with E-state index >= 15 is 0 Å². The van der Waals surface area contributed by atoms with Crippen LogP contribution in [0.3, 0.4) is 0 Å². The predicted octanol–water partition coefficient (Wildman–Crippen LogP) is 0.852. The normalized spacial score (nSPS) is 5.22. The van der Waals surface area contributed by atoms with Crippen LogP contribution in [0.5, 0.6) is 0 Å². The molecule has 0 amide bonds. The molecule has 0 aliphatic heterocycles. The molecular weight excluding hydrogens is 116 g/mol. The fourth-order valence-corrected chi connectivity index (χ4v) is 0.0645. The number of allylic oxidation sites excluding steroid dienone is 1. The maximum atomic E-state index is 7.69. The van der Waals surface area contributed by atoms with Gasteiger partial charge in [-0.15, -0.1) is 0 Å². The van der Waals surface area contributed by atoms with Gasteiger partial charge in [0.25, 0.3) is 0 Å². The van der Waals surface area contributed by atoms with Crippen molar-refractivity contribution in [2.75, 3.05) is 13.7 Å². The van der Waals surface area contributed by atoms with Gasteiger partial charge in [-0.2, -0.15) is 10.5 Å². The average molecular weight is 124 g/mol. The van der Waals surface area contributed by atoms with Crippen LogP contribution in [-0.2, 0) is 4.74 Å². The van der Waals surface area contributed by atoms with Crippen molar-refractivity contribution in [1.82, 2.24) is 0 Å². The zero-order valence-electron chi connectivity index (χ0n) is 5.29. The Morgan fingerprint density at radius 3 is 2.11 bits per heavy atom. The van der Waals surface area contributed by atoms with Crippen molar-refractivity contribution in [2.45, 2.75) is 0 Å². The van der Waals surface area contributed by atoms with Gasteiger partial charge >= 0.3 is 0 Å². The zero-order valence-corrected chi connectivity index (χ0v) is 5.29. The Balaban J connectivity index is 0. The van der Waals surface area contributed by atoms with E-state index in [-0.39, 0.29) is 6.61 Å². The molecule has 0 atom stereocenters. The maximum Gasteiger partial charge on any atom is 0.133 e. The largest absolute Gasteiger partial charge is 0.370 e. The lowest BCUT2D eigenvalue weighted by Crippen LogP contribution is -1.77. The Bertz CT molecular complexity index is 129. The molecule has 0 N–H and O–H groups in total. The summed E-state index contributed by atoms with van der Waals surface area (Å²) in [6.45, 7) is 3.31. The van der Waals surface area contributed by atoms with Crippen LogP contribution in [0.15, 0.2) is 12.7 Å². The second-order valence-corrected chi connectivity index (χ2v) is 0.924. The summed E-state index contributed by atoms with van der Waals surface area (Å²) in [4.78, 5) is 0. The second-order valence-electron chi connectivity index (χ2n) is 0.924. The van der Waals surface area contributed by atoms with Gasteiger partial charge in [-0.1, -0.05) is 6.58 Å². The predicted molar refractivity (Wildman–Crippen MR) is 33.3 cm³/mol. The minimum absolute atomic E-state index is 0.194. The van der Waals surface area contributed by atoms with Crippen LogP contribution < -0.4 is 0 Å². The van der Waals surface area contributed by atoms with E-state index in [0.717, 1.165) is 0 Å². The SMILES string of the molecule is C=CC#N.COCC#N. The molecule has 3 heteroatoms. The van der Waals surface area contributed by atoms with Gasteiger partial charge in [0.15, 0.2) is 0 Å². The summed E-state index contributed by atoms with van der Waals surface area (Å²) in [7, 11) is 1.49. The molecule has 0 radical (unpaired) electrons. The molecule has 0 saturated heterocycles. The van der Waals surface area contributed by atoms with Crippen LogP contribution in [0.1, 0.15) is 0 Å². The first-order valence-electron chi connectivity index (χ1n) is 2.19. The van der Waals surface area contributed by atoms with E-state index < -0.39 is 0 Å². The third-order valence-electron chi connectivity index (χ3n) is 0.300. The van der Waals surface area contributed by atoms with E-state index in [1.165, 1.54) is 13.2 Å². The van der Waals surface area contributed by atoms with Crippen molar-refractivity contribution in [3.8, 4) is 12.1 Å². The zero-order chi connectivity index (χ0) is 7.54. The molecule has 0 heterocycles. The Kier molecular flexibility index (Phi) is 18.8. The molecule has 9 heavy (non-hydrogen) atoms. The standard InChI is InChI=1S/C3H5NO.C3H3N/c1-5-3-2-4;1-2-3-4/h3H2,1H3;2H,1H2. The van der Waals surface area contributed by atoms with E-state index in [1.807, 2.05) is 0 Å². The van der Waals surface area contributed by atoms with Crippen molar-refractivity contribution in [2.24, 2.45) is 0 Å². The molecule has 0 saturated carbocycles. The van der Waals surface area contributed by atoms with Crippen LogP contribution in [-0.4, -0.2) is 13.7 Å². The van der Waals surface area contributed by atoms with Gasteiger partial charge in [-0.25, -0.2) is 0 Å². The fourth-order valence-electron chi connectivity index (χ4n) is 0.0645. The Morgan fingerprint density at radius 2 is 2.11 bits per heavy atom. The summed E-state index contributed by atoms with van der Waals surface area (Å²) in [5, 5.41) is 15.2. The quantitative estimate of drug-likeness (QED) is 0.487. The number of hydrogen-bond donors (Lipinski definition) is 0. The summed E-state index contributed by atoms with van der Waals surface area (Å²) in [5.74, 6) is 0. The molecule has 0 aromatic heterocycles. The first kappa shape index (κ1) is 10.6. The maximum absolute atomic E-state index is 7.69. The Hall–Kier alpha value is -1.32. The number of nitriles is 2. The van der Waals surface area contributed by atoms with Crippen LogP contribution in [0.25, 0.3) is 0 Å². The molecule has 0 fully saturated rings. The molecule has 0 spiro atoms. The summed E-state index contributed by atoms with van der Waals surface area (Å²) < 4.78 is 4.33. The van der Waals surface area contributed by atoms with Gasteiger partial charge in [0.2, 0.25) is 0 Å². The number of hydrogen-bond acceptors (Lipinski definition) is 3. The molecule has 0 bridgehead atoms. The molecule has 0 unspecified atom stereocenters. The minimum Gasteiger partial charge on any atom is -0.370 e. The molecule has 0 rings (SSSR count). The Morgan fingerprint density at radius 1 is 1.67 bits per heavy atom. The molecule has 3 nitrogen and oxygen atoms in total. The van der Waals surface area contributed by atoms with E-state index in [4.69, 9.17) is 10.5 Å². The smallest absolute Gasteiger partial charge is 0.133 e. The molecule has 0 aromatic rings. The highest BCUT2D eigenvalue weighted by molar-refractivity contribution is 4.93. The highest BCUT2D eigenvalue weighted by Gasteiger charge is 1.62. The van der Waals surface area contributed by atoms with Gasteiger partial charge in [-0.3, -0.25) is 0 Å². The molecular formula is C6H8N2O. The lowest BCUT2D eigenvalue weighted by Gasteiger charge is -1.74. The van der Waals surface area contributed by atoms with Crippen molar-refractivity contribution >= 4 is 0 Å². The summed E-state index contributed by atoms with van der Waals surface area (Å²) in [6.07, 6.45) is 1.18. The van der Waals surface area contributed by atoms with Gasteiger partial charge in [-0.05, 0) is 0 Å². The number of methoxy groups -OCH3 is 1. The highest BCUT2D eigenvalue weighted by Crippen LogP contribution is 1.54. The van der Waals surface area contributed by atoms with Crippen molar-refractivity contribution < 1.29 is 4.74 Å². The number of rotatable bonds is 1. The van der Waals surface area contributed by atoms with Crippen LogP contribution in [0.4, 0.5) is 0 Å². The second kappa shape index (κ2) is 15.9. The van der Waals surface area contributed by atoms with Crippen LogP contribution >= 0.6 is 0 Å². The number of nitrogens with zero attached hydrogens (tertiary/aromatic N) is 2. The third-order valence-corrected chi connectivity index (χ3v) is 0.300. The lowest BCUT2D eigenvalue weighted by molar-refractivity contribution is 0.238. The van der Waals surface area contributed by atoms with Gasteiger partial charge < -0.3 is 4.74 Å². The highest BCUT2D eigenvalue weighted by atomic mass is 16.5. The molecule has 0 aromatic carbocycles. The molecule has 0 aliphatic carbocycles. The summed E-state index contributed by atoms with van der Waals surface area (Å²) in [6, 6.07) is 3.49. The van der Waals surface area contributed by atoms with Crippen molar-refractivity contribution in [3.63, 3.8) is 0 Å². The number of ether oxygens (including phenoxy) is 1. The minimum atomic E-state index is 0.194. The fraction of sp³-hybridized carbons (Fsp3) is 0.333. The summed E-state index contributed by atoms with van der Waals surface area (Å²) in [5.41, 5.74) is 0.